The lowest BCUT2D eigenvalue weighted by Crippen LogP contribution is -1.77. The molecule has 10 heavy (non-hydrogen) atoms. The van der Waals surface area contributed by atoms with E-state index >= 15 is 0 Å². The number of rotatable bonds is 1. The summed E-state index contributed by atoms with van der Waals surface area (Å²) in [7, 11) is 0. The van der Waals surface area contributed by atoms with Crippen LogP contribution in [-0.4, -0.2) is 4.98 Å². The van der Waals surface area contributed by atoms with E-state index in [-0.39, 0.29) is 5.57 Å². The van der Waals surface area contributed by atoms with Crippen LogP contribution in [0.5, 0.6) is 0 Å². The van der Waals surface area contributed by atoms with Crippen LogP contribution in [-0.2, 0) is 0 Å². The van der Waals surface area contributed by atoms with Crippen LogP contribution in [0.1, 0.15) is 11.6 Å². The fourth-order valence-corrected chi connectivity index (χ4v) is 0.540. The van der Waals surface area contributed by atoms with Crippen LogP contribution in [0.15, 0.2) is 17.3 Å². The van der Waals surface area contributed by atoms with E-state index in [0.717, 1.165) is 5.69 Å². The van der Waals surface area contributed by atoms with Crippen LogP contribution in [0.4, 0.5) is 0 Å². The van der Waals surface area contributed by atoms with Gasteiger partial charge in [-0.1, -0.05) is 6.58 Å². The minimum atomic E-state index is 0.258. The zero-order valence-electron chi connectivity index (χ0n) is 5.59. The molecule has 0 aliphatic heterocycles. The highest BCUT2D eigenvalue weighted by Gasteiger charge is 2.02. The van der Waals surface area contributed by atoms with Crippen molar-refractivity contribution < 1.29 is 4.42 Å². The Bertz CT molecular complexity index is 293. The quantitative estimate of drug-likeness (QED) is 0.547. The minimum absolute atomic E-state index is 0.258. The second-order valence-electron chi connectivity index (χ2n) is 1.88. The maximum Gasteiger partial charge on any atom is 0.236 e. The lowest BCUT2D eigenvalue weighted by Gasteiger charge is -1.82. The van der Waals surface area contributed by atoms with Crippen LogP contribution < -0.4 is 0 Å². The van der Waals surface area contributed by atoms with E-state index < -0.39 is 0 Å². The maximum absolute atomic E-state index is 8.35. The number of allylic oxidation sites excluding steroid dienone is 1. The predicted octanol–water partition coefficient (Wildman–Crippen LogP) is 1.52. The SMILES string of the molecule is C=C(C#N)c1nc(C)co1. The molecule has 50 valence electrons. The number of nitriles is 1. The Labute approximate surface area is 58.6 Å². The molecule has 0 radical (unpaired) electrons. The zero-order chi connectivity index (χ0) is 7.56. The molecule has 0 aromatic carbocycles. The van der Waals surface area contributed by atoms with Gasteiger partial charge in [0.2, 0.25) is 5.89 Å². The highest BCUT2D eigenvalue weighted by Crippen LogP contribution is 2.09. The predicted molar refractivity (Wildman–Crippen MR) is 35.9 cm³/mol. The third kappa shape index (κ3) is 1.06. The molecule has 1 aromatic heterocycles. The number of aryl methyl sites for hydroxylation is 1. The second kappa shape index (κ2) is 2.36. The van der Waals surface area contributed by atoms with Crippen LogP contribution in [0.3, 0.4) is 0 Å². The van der Waals surface area contributed by atoms with E-state index in [1.165, 1.54) is 6.26 Å². The van der Waals surface area contributed by atoms with E-state index in [0.29, 0.717) is 5.89 Å². The molecule has 1 heterocycles. The number of nitrogens with zero attached hydrogens (tertiary/aromatic N) is 2. The molecule has 0 atom stereocenters. The van der Waals surface area contributed by atoms with Gasteiger partial charge in [0.25, 0.3) is 0 Å². The summed E-state index contributed by atoms with van der Waals surface area (Å²) >= 11 is 0. The largest absolute Gasteiger partial charge is 0.444 e. The van der Waals surface area contributed by atoms with E-state index in [2.05, 4.69) is 11.6 Å². The molecule has 1 aromatic rings. The van der Waals surface area contributed by atoms with Crippen molar-refractivity contribution in [2.45, 2.75) is 6.92 Å². The number of oxazole rings is 1. The summed E-state index contributed by atoms with van der Waals surface area (Å²) in [5.74, 6) is 0.306. The van der Waals surface area contributed by atoms with Crippen LogP contribution in [0.25, 0.3) is 5.57 Å². The number of hydrogen-bond acceptors (Lipinski definition) is 3. The Hall–Kier alpha value is -1.56. The molecule has 3 nitrogen and oxygen atoms in total. The smallest absolute Gasteiger partial charge is 0.236 e. The third-order valence-electron chi connectivity index (χ3n) is 1.01. The lowest BCUT2D eigenvalue weighted by molar-refractivity contribution is 0.543. The molecule has 0 saturated heterocycles. The Morgan fingerprint density at radius 3 is 3.00 bits per heavy atom. The van der Waals surface area contributed by atoms with Gasteiger partial charge in [-0.15, -0.1) is 0 Å². The maximum atomic E-state index is 8.35. The van der Waals surface area contributed by atoms with Crippen molar-refractivity contribution >= 4 is 5.57 Å². The first-order valence-electron chi connectivity index (χ1n) is 2.75. The van der Waals surface area contributed by atoms with Crippen molar-refractivity contribution in [1.82, 2.24) is 4.98 Å². The molecule has 0 spiro atoms. The summed E-state index contributed by atoms with van der Waals surface area (Å²) in [4.78, 5) is 3.89. The molecule has 1 rings (SSSR count). The first kappa shape index (κ1) is 6.56. The molecule has 0 saturated carbocycles. The summed E-state index contributed by atoms with van der Waals surface area (Å²) in [6, 6.07) is 1.84. The van der Waals surface area contributed by atoms with Gasteiger partial charge in [-0.05, 0) is 6.92 Å². The molecule has 0 aliphatic carbocycles. The molecular weight excluding hydrogens is 128 g/mol. The molecule has 0 amide bonds. The van der Waals surface area contributed by atoms with Gasteiger partial charge in [0, 0.05) is 0 Å². The van der Waals surface area contributed by atoms with Crippen LogP contribution >= 0.6 is 0 Å². The molecule has 0 N–H and O–H groups in total. The van der Waals surface area contributed by atoms with Gasteiger partial charge in [0.05, 0.1) is 5.69 Å². The fraction of sp³-hybridized carbons (Fsp3) is 0.143. The summed E-state index contributed by atoms with van der Waals surface area (Å²) in [5.41, 5.74) is 1.01. The Morgan fingerprint density at radius 2 is 2.60 bits per heavy atom. The van der Waals surface area contributed by atoms with E-state index in [1.54, 1.807) is 6.92 Å². The van der Waals surface area contributed by atoms with Crippen molar-refractivity contribution in [2.75, 3.05) is 0 Å². The van der Waals surface area contributed by atoms with Gasteiger partial charge in [0.15, 0.2) is 0 Å². The minimum Gasteiger partial charge on any atom is -0.444 e. The standard InChI is InChI=1S/C7H6N2O/c1-5(3-8)7-9-6(2)4-10-7/h4H,1H2,2H3. The van der Waals surface area contributed by atoms with Crippen LogP contribution in [0, 0.1) is 18.3 Å². The van der Waals surface area contributed by atoms with E-state index in [1.807, 2.05) is 6.07 Å². The Morgan fingerprint density at radius 1 is 1.90 bits per heavy atom. The fourth-order valence-electron chi connectivity index (χ4n) is 0.540. The van der Waals surface area contributed by atoms with Crippen molar-refractivity contribution in [2.24, 2.45) is 0 Å². The van der Waals surface area contributed by atoms with Gasteiger partial charge >= 0.3 is 0 Å². The van der Waals surface area contributed by atoms with E-state index in [9.17, 15) is 0 Å². The van der Waals surface area contributed by atoms with E-state index in [4.69, 9.17) is 9.68 Å². The van der Waals surface area contributed by atoms with Crippen molar-refractivity contribution in [3.8, 4) is 6.07 Å². The highest BCUT2D eigenvalue weighted by atomic mass is 16.3. The van der Waals surface area contributed by atoms with Crippen molar-refractivity contribution in [1.29, 1.82) is 5.26 Å². The molecular formula is C7H6N2O. The highest BCUT2D eigenvalue weighted by molar-refractivity contribution is 5.68. The van der Waals surface area contributed by atoms with Gasteiger partial charge < -0.3 is 4.42 Å². The molecule has 0 unspecified atom stereocenters. The normalized spacial score (nSPS) is 8.80. The van der Waals surface area contributed by atoms with Crippen LogP contribution in [0.2, 0.25) is 0 Å². The average molecular weight is 134 g/mol. The first-order valence-corrected chi connectivity index (χ1v) is 2.75. The van der Waals surface area contributed by atoms with Gasteiger partial charge in [-0.25, -0.2) is 4.98 Å². The summed E-state index contributed by atoms with van der Waals surface area (Å²) in [6.07, 6.45) is 1.48. The average Bonchev–Trinajstić information content (AvgIpc) is 2.34. The Balaban J connectivity index is 2.98. The molecule has 0 aliphatic rings. The number of hydrogen-bond donors (Lipinski definition) is 0. The molecule has 0 bridgehead atoms. The summed E-state index contributed by atoms with van der Waals surface area (Å²) < 4.78 is 4.88. The molecule has 3 heteroatoms. The van der Waals surface area contributed by atoms with Crippen molar-refractivity contribution in [3.63, 3.8) is 0 Å². The monoisotopic (exact) mass is 134 g/mol. The zero-order valence-corrected chi connectivity index (χ0v) is 5.59. The topological polar surface area (TPSA) is 49.8 Å². The van der Waals surface area contributed by atoms with Crippen molar-refractivity contribution in [3.05, 3.63) is 24.4 Å². The summed E-state index contributed by atoms with van der Waals surface area (Å²) in [5, 5.41) is 8.35. The lowest BCUT2D eigenvalue weighted by atomic mass is 10.3. The Kier molecular flexibility index (Phi) is 1.55. The molecule has 0 fully saturated rings. The van der Waals surface area contributed by atoms with Gasteiger partial charge in [-0.2, -0.15) is 5.26 Å². The second-order valence-corrected chi connectivity index (χ2v) is 1.88. The summed E-state index contributed by atoms with van der Waals surface area (Å²) in [6.45, 7) is 5.23. The first-order chi connectivity index (χ1) is 4.74. The third-order valence-corrected chi connectivity index (χ3v) is 1.01. The number of aromatic nitrogens is 1. The van der Waals surface area contributed by atoms with Gasteiger partial charge in [0.1, 0.15) is 17.9 Å². The van der Waals surface area contributed by atoms with Gasteiger partial charge in [-0.3, -0.25) is 0 Å².